The van der Waals surface area contributed by atoms with E-state index in [1.807, 2.05) is 6.21 Å². The zero-order valence-electron chi connectivity index (χ0n) is 4.52. The molecule has 0 radical (unpaired) electrons. The molecule has 1 aliphatic heterocycles. The highest BCUT2D eigenvalue weighted by molar-refractivity contribution is 5.65. The Morgan fingerprint density at radius 2 is 2.71 bits per heavy atom. The molecule has 0 N–H and O–H groups in total. The summed E-state index contributed by atoms with van der Waals surface area (Å²) in [7, 11) is 0. The second-order valence-electron chi connectivity index (χ2n) is 2.03. The van der Waals surface area contributed by atoms with Crippen molar-refractivity contribution in [1.29, 1.82) is 0 Å². The van der Waals surface area contributed by atoms with Gasteiger partial charge in [-0.15, -0.1) is 0 Å². The third kappa shape index (κ3) is 0.889. The smallest absolute Gasteiger partial charge is 0.0334 e. The highest BCUT2D eigenvalue weighted by Gasteiger charge is 2.05. The van der Waals surface area contributed by atoms with Gasteiger partial charge in [-0.25, -0.2) is 0 Å². The van der Waals surface area contributed by atoms with Gasteiger partial charge in [-0.05, 0) is 12.3 Å². The molecule has 0 fully saturated rings. The van der Waals surface area contributed by atoms with E-state index in [0.717, 1.165) is 12.1 Å². The Morgan fingerprint density at radius 3 is 2.86 bits per heavy atom. The summed E-state index contributed by atoms with van der Waals surface area (Å²) in [6.07, 6.45) is 3.00. The first kappa shape index (κ1) is 4.57. The largest absolute Gasteiger partial charge is 0.266 e. The summed E-state index contributed by atoms with van der Waals surface area (Å²) in [5.41, 5.74) is 1.02. The van der Waals surface area contributed by atoms with Crippen molar-refractivity contribution in [3.8, 4) is 0 Å². The zero-order chi connectivity index (χ0) is 5.28. The first-order chi connectivity index (χ1) is 3.29. The Labute approximate surface area is 43.8 Å². The van der Waals surface area contributed by atoms with E-state index < -0.39 is 0 Å². The van der Waals surface area contributed by atoms with Crippen LogP contribution in [-0.2, 0) is 0 Å². The fourth-order valence-electron chi connectivity index (χ4n) is 0.710. The third-order valence-corrected chi connectivity index (χ3v) is 1.07. The summed E-state index contributed by atoms with van der Waals surface area (Å²) in [6.45, 7) is 5.85. The Hall–Kier alpha value is -0.590. The average molecular weight is 95.1 g/mol. The van der Waals surface area contributed by atoms with Crippen LogP contribution in [-0.4, -0.2) is 6.21 Å². The van der Waals surface area contributed by atoms with Crippen molar-refractivity contribution in [2.45, 2.75) is 13.3 Å². The van der Waals surface area contributed by atoms with Crippen LogP contribution in [0.3, 0.4) is 0 Å². The fraction of sp³-hybridized carbons (Fsp3) is 0.500. The first-order valence-electron chi connectivity index (χ1n) is 2.51. The van der Waals surface area contributed by atoms with Crippen LogP contribution in [0.25, 0.3) is 0 Å². The van der Waals surface area contributed by atoms with Crippen LogP contribution < -0.4 is 0 Å². The van der Waals surface area contributed by atoms with E-state index in [-0.39, 0.29) is 0 Å². The molecule has 1 rings (SSSR count). The highest BCUT2D eigenvalue weighted by atomic mass is 14.8. The van der Waals surface area contributed by atoms with Crippen LogP contribution in [0, 0.1) is 5.92 Å². The molecule has 0 spiro atoms. The quantitative estimate of drug-likeness (QED) is 0.433. The Balaban J connectivity index is 2.58. The van der Waals surface area contributed by atoms with Crippen LogP contribution in [0.4, 0.5) is 0 Å². The maximum absolute atomic E-state index is 4.00. The fourth-order valence-corrected chi connectivity index (χ4v) is 0.710. The summed E-state index contributed by atoms with van der Waals surface area (Å²) >= 11 is 0. The van der Waals surface area contributed by atoms with E-state index in [1.165, 1.54) is 0 Å². The van der Waals surface area contributed by atoms with Crippen LogP contribution >= 0.6 is 0 Å². The van der Waals surface area contributed by atoms with Gasteiger partial charge in [-0.2, -0.15) is 0 Å². The molecule has 1 heteroatoms. The highest BCUT2D eigenvalue weighted by Crippen LogP contribution is 2.14. The van der Waals surface area contributed by atoms with Gasteiger partial charge < -0.3 is 0 Å². The molecule has 0 saturated carbocycles. The van der Waals surface area contributed by atoms with Gasteiger partial charge in [0.2, 0.25) is 0 Å². The second-order valence-corrected chi connectivity index (χ2v) is 2.03. The lowest BCUT2D eigenvalue weighted by molar-refractivity contribution is 0.812. The van der Waals surface area contributed by atoms with Gasteiger partial charge in [-0.3, -0.25) is 4.99 Å². The van der Waals surface area contributed by atoms with E-state index in [9.17, 15) is 0 Å². The van der Waals surface area contributed by atoms with Crippen molar-refractivity contribution >= 4 is 6.21 Å². The number of aliphatic imine (C=N–C) groups is 1. The molecule has 0 aromatic carbocycles. The lowest BCUT2D eigenvalue weighted by Gasteiger charge is -1.89. The maximum atomic E-state index is 4.00. The molecule has 0 aromatic rings. The van der Waals surface area contributed by atoms with Crippen LogP contribution in [0.1, 0.15) is 13.3 Å². The molecule has 7 heavy (non-hydrogen) atoms. The minimum absolute atomic E-state index is 0.632. The molecule has 0 saturated heterocycles. The van der Waals surface area contributed by atoms with E-state index in [2.05, 4.69) is 18.5 Å². The molecule has 1 atom stereocenters. The molecule has 0 unspecified atom stereocenters. The van der Waals surface area contributed by atoms with E-state index in [0.29, 0.717) is 5.92 Å². The normalized spacial score (nSPS) is 29.3. The minimum Gasteiger partial charge on any atom is -0.266 e. The molecule has 1 heterocycles. The molecule has 0 aliphatic carbocycles. The van der Waals surface area contributed by atoms with E-state index >= 15 is 0 Å². The number of hydrogen-bond acceptors (Lipinski definition) is 1. The van der Waals surface area contributed by atoms with Crippen molar-refractivity contribution < 1.29 is 0 Å². The van der Waals surface area contributed by atoms with Crippen molar-refractivity contribution in [2.24, 2.45) is 10.9 Å². The predicted octanol–water partition coefficient (Wildman–Crippen LogP) is 1.61. The zero-order valence-corrected chi connectivity index (χ0v) is 4.52. The van der Waals surface area contributed by atoms with Crippen molar-refractivity contribution in [3.05, 3.63) is 12.3 Å². The Morgan fingerprint density at radius 1 is 2.00 bits per heavy atom. The van der Waals surface area contributed by atoms with E-state index in [1.54, 1.807) is 0 Å². The topological polar surface area (TPSA) is 12.4 Å². The van der Waals surface area contributed by atoms with Gasteiger partial charge in [0.25, 0.3) is 0 Å². The Bertz CT molecular complexity index is 113. The van der Waals surface area contributed by atoms with Gasteiger partial charge in [0.05, 0.1) is 0 Å². The van der Waals surface area contributed by atoms with Gasteiger partial charge in [0.1, 0.15) is 0 Å². The van der Waals surface area contributed by atoms with Crippen LogP contribution in [0.2, 0.25) is 0 Å². The molecular weight excluding hydrogens is 86.1 g/mol. The van der Waals surface area contributed by atoms with Gasteiger partial charge in [0.15, 0.2) is 0 Å². The third-order valence-electron chi connectivity index (χ3n) is 1.07. The van der Waals surface area contributed by atoms with Crippen LogP contribution in [0.15, 0.2) is 17.3 Å². The molecule has 1 nitrogen and oxygen atoms in total. The van der Waals surface area contributed by atoms with Crippen LogP contribution in [0.5, 0.6) is 0 Å². The SMILES string of the molecule is C=C1C[C@@H](C)C=N1. The van der Waals surface area contributed by atoms with Gasteiger partial charge in [0, 0.05) is 11.9 Å². The predicted molar refractivity (Wildman–Crippen MR) is 31.4 cm³/mol. The summed E-state index contributed by atoms with van der Waals surface area (Å²) in [4.78, 5) is 4.00. The lowest BCUT2D eigenvalue weighted by atomic mass is 10.1. The summed E-state index contributed by atoms with van der Waals surface area (Å²) < 4.78 is 0. The standard InChI is InChI=1S/C6H9N/c1-5-3-6(2)7-4-5/h4-5H,2-3H2,1H3/t5-/m1/s1. The second kappa shape index (κ2) is 1.49. The molecular formula is C6H9N. The number of nitrogens with zero attached hydrogens (tertiary/aromatic N) is 1. The monoisotopic (exact) mass is 95.1 g/mol. The minimum atomic E-state index is 0.632. The summed E-state index contributed by atoms with van der Waals surface area (Å²) in [6, 6.07) is 0. The molecule has 0 bridgehead atoms. The number of allylic oxidation sites excluding steroid dienone is 1. The van der Waals surface area contributed by atoms with Gasteiger partial charge in [-0.1, -0.05) is 13.5 Å². The molecule has 38 valence electrons. The maximum Gasteiger partial charge on any atom is 0.0334 e. The number of rotatable bonds is 0. The average Bonchev–Trinajstić information content (AvgIpc) is 1.87. The molecule has 1 aliphatic rings. The molecule has 0 aromatic heterocycles. The molecule has 0 amide bonds. The van der Waals surface area contributed by atoms with E-state index in [4.69, 9.17) is 0 Å². The summed E-state index contributed by atoms with van der Waals surface area (Å²) in [5.74, 6) is 0.632. The summed E-state index contributed by atoms with van der Waals surface area (Å²) in [5, 5.41) is 0. The Kier molecular flexibility index (Phi) is 0.970. The first-order valence-corrected chi connectivity index (χ1v) is 2.51. The van der Waals surface area contributed by atoms with Crippen molar-refractivity contribution in [3.63, 3.8) is 0 Å². The lowest BCUT2D eigenvalue weighted by Crippen LogP contribution is -1.85. The van der Waals surface area contributed by atoms with Gasteiger partial charge >= 0.3 is 0 Å². The number of hydrogen-bond donors (Lipinski definition) is 0. The van der Waals surface area contributed by atoms with Crippen molar-refractivity contribution in [2.75, 3.05) is 0 Å². The van der Waals surface area contributed by atoms with Crippen molar-refractivity contribution in [1.82, 2.24) is 0 Å².